The van der Waals surface area contributed by atoms with Crippen molar-refractivity contribution < 1.29 is 19.4 Å². The second-order valence-corrected chi connectivity index (χ2v) is 5.95. The van der Waals surface area contributed by atoms with Crippen molar-refractivity contribution in [3.8, 4) is 0 Å². The highest BCUT2D eigenvalue weighted by Gasteiger charge is 2.11. The van der Waals surface area contributed by atoms with Gasteiger partial charge in [-0.15, -0.1) is 0 Å². The summed E-state index contributed by atoms with van der Waals surface area (Å²) in [6.07, 6.45) is 0.512. The number of carbonyl (C=O) groups excluding carboxylic acids is 1. The molecule has 0 atom stereocenters. The number of rotatable bonds is 8. The van der Waals surface area contributed by atoms with Crippen LogP contribution in [-0.2, 0) is 27.4 Å². The first-order chi connectivity index (χ1) is 10.3. The lowest BCUT2D eigenvalue weighted by molar-refractivity contribution is -0.148. The minimum absolute atomic E-state index is 0.0714. The smallest absolute Gasteiger partial charge is 0.308 e. The molecule has 122 valence electrons. The number of anilines is 1. The maximum absolute atomic E-state index is 11.5. The molecule has 0 unspecified atom stereocenters. The van der Waals surface area contributed by atoms with E-state index in [0.717, 1.165) is 16.8 Å². The average Bonchev–Trinajstić information content (AvgIpc) is 2.43. The molecule has 0 fully saturated rings. The summed E-state index contributed by atoms with van der Waals surface area (Å²) >= 11 is 0. The highest BCUT2D eigenvalue weighted by atomic mass is 16.5. The van der Waals surface area contributed by atoms with E-state index in [2.05, 4.69) is 5.32 Å². The first kappa shape index (κ1) is 18.0. The maximum Gasteiger partial charge on any atom is 0.308 e. The second kappa shape index (κ2) is 8.41. The Bertz CT molecular complexity index is 523. The van der Waals surface area contributed by atoms with E-state index in [1.807, 2.05) is 32.0 Å². The molecular formula is C17H25NO4. The third-order valence-electron chi connectivity index (χ3n) is 3.07. The summed E-state index contributed by atoms with van der Waals surface area (Å²) in [6, 6.07) is 5.97. The Morgan fingerprint density at radius 1 is 1.23 bits per heavy atom. The third-order valence-corrected chi connectivity index (χ3v) is 3.07. The number of ether oxygens (including phenoxy) is 1. The van der Waals surface area contributed by atoms with Crippen LogP contribution in [0.5, 0.6) is 0 Å². The monoisotopic (exact) mass is 307 g/mol. The van der Waals surface area contributed by atoms with Crippen molar-refractivity contribution in [3.63, 3.8) is 0 Å². The Hall–Kier alpha value is -2.04. The number of aryl methyl sites for hydroxylation is 1. The summed E-state index contributed by atoms with van der Waals surface area (Å²) < 4.78 is 5.22. The fourth-order valence-electron chi connectivity index (χ4n) is 1.96. The van der Waals surface area contributed by atoms with Gasteiger partial charge in [-0.1, -0.05) is 26.0 Å². The molecule has 0 saturated carbocycles. The van der Waals surface area contributed by atoms with Gasteiger partial charge in [-0.25, -0.2) is 0 Å². The van der Waals surface area contributed by atoms with Gasteiger partial charge in [0.15, 0.2) is 0 Å². The van der Waals surface area contributed by atoms with Gasteiger partial charge >= 0.3 is 11.9 Å². The lowest BCUT2D eigenvalue weighted by atomic mass is 10.0. The van der Waals surface area contributed by atoms with Crippen LogP contribution in [0.15, 0.2) is 18.2 Å². The standard InChI is InChI=1S/C17H25NO4/c1-11(2)17(21)22-10-13-5-7-15(18-12(3)4)14(9-13)6-8-16(19)20/h5,7,9,11-12,18H,6,8,10H2,1-4H3,(H,19,20). The van der Waals surface area contributed by atoms with E-state index in [4.69, 9.17) is 9.84 Å². The first-order valence-electron chi connectivity index (χ1n) is 7.56. The SMILES string of the molecule is CC(C)Nc1ccc(COC(=O)C(C)C)cc1CCC(=O)O. The number of carboxylic acid groups (broad SMARTS) is 1. The summed E-state index contributed by atoms with van der Waals surface area (Å²) in [6.45, 7) is 7.84. The molecule has 5 nitrogen and oxygen atoms in total. The van der Waals surface area contributed by atoms with E-state index in [9.17, 15) is 9.59 Å². The Kier molecular flexibility index (Phi) is 6.89. The largest absolute Gasteiger partial charge is 0.481 e. The highest BCUT2D eigenvalue weighted by Crippen LogP contribution is 2.21. The second-order valence-electron chi connectivity index (χ2n) is 5.95. The van der Waals surface area contributed by atoms with Gasteiger partial charge in [0, 0.05) is 18.2 Å². The molecule has 1 aromatic carbocycles. The molecule has 0 spiro atoms. The highest BCUT2D eigenvalue weighted by molar-refractivity contribution is 5.71. The number of aliphatic carboxylic acids is 1. The number of benzene rings is 1. The molecule has 0 saturated heterocycles. The number of hydrogen-bond donors (Lipinski definition) is 2. The topological polar surface area (TPSA) is 75.6 Å². The molecule has 0 radical (unpaired) electrons. The van der Waals surface area contributed by atoms with E-state index >= 15 is 0 Å². The molecule has 1 aromatic rings. The minimum atomic E-state index is -0.827. The van der Waals surface area contributed by atoms with Crippen molar-refractivity contribution in [1.29, 1.82) is 0 Å². The summed E-state index contributed by atoms with van der Waals surface area (Å²) in [7, 11) is 0. The van der Waals surface area contributed by atoms with E-state index in [-0.39, 0.29) is 31.0 Å². The Morgan fingerprint density at radius 2 is 1.91 bits per heavy atom. The summed E-state index contributed by atoms with van der Waals surface area (Å²) in [5, 5.41) is 12.2. The van der Waals surface area contributed by atoms with Gasteiger partial charge in [0.05, 0.1) is 5.92 Å². The molecular weight excluding hydrogens is 282 g/mol. The third kappa shape index (κ3) is 6.16. The van der Waals surface area contributed by atoms with Crippen molar-refractivity contribution >= 4 is 17.6 Å². The van der Waals surface area contributed by atoms with E-state index in [0.29, 0.717) is 6.42 Å². The van der Waals surface area contributed by atoms with Crippen LogP contribution >= 0.6 is 0 Å². The van der Waals surface area contributed by atoms with Gasteiger partial charge in [-0.2, -0.15) is 0 Å². The summed E-state index contributed by atoms with van der Waals surface area (Å²) in [5.41, 5.74) is 2.72. The fraction of sp³-hybridized carbons (Fsp3) is 0.529. The van der Waals surface area contributed by atoms with Crippen molar-refractivity contribution in [1.82, 2.24) is 0 Å². The number of nitrogens with one attached hydrogen (secondary N) is 1. The predicted molar refractivity (Wildman–Crippen MR) is 85.8 cm³/mol. The predicted octanol–water partition coefficient (Wildman–Crippen LogP) is 3.22. The Labute approximate surface area is 131 Å². The van der Waals surface area contributed by atoms with Gasteiger partial charge in [0.25, 0.3) is 0 Å². The minimum Gasteiger partial charge on any atom is -0.481 e. The van der Waals surface area contributed by atoms with Gasteiger partial charge < -0.3 is 15.2 Å². The van der Waals surface area contributed by atoms with Crippen LogP contribution in [0.25, 0.3) is 0 Å². The van der Waals surface area contributed by atoms with E-state index in [1.165, 1.54) is 0 Å². The van der Waals surface area contributed by atoms with Crippen LogP contribution in [0.1, 0.15) is 45.2 Å². The zero-order valence-corrected chi connectivity index (χ0v) is 13.7. The van der Waals surface area contributed by atoms with Crippen LogP contribution in [0.2, 0.25) is 0 Å². The lowest BCUT2D eigenvalue weighted by Crippen LogP contribution is -2.13. The Balaban J connectivity index is 2.85. The molecule has 22 heavy (non-hydrogen) atoms. The number of carboxylic acids is 1. The first-order valence-corrected chi connectivity index (χ1v) is 7.56. The molecule has 0 amide bonds. The molecule has 2 N–H and O–H groups in total. The van der Waals surface area contributed by atoms with Gasteiger partial charge in [-0.05, 0) is 37.5 Å². The van der Waals surface area contributed by atoms with Crippen molar-refractivity contribution in [2.75, 3.05) is 5.32 Å². The van der Waals surface area contributed by atoms with Gasteiger partial charge in [-0.3, -0.25) is 9.59 Å². The summed E-state index contributed by atoms with van der Waals surface area (Å²) in [4.78, 5) is 22.3. The molecule has 1 rings (SSSR count). The van der Waals surface area contributed by atoms with Crippen molar-refractivity contribution in [2.45, 2.75) is 53.2 Å². The Morgan fingerprint density at radius 3 is 2.45 bits per heavy atom. The lowest BCUT2D eigenvalue weighted by Gasteiger charge is -2.16. The molecule has 0 heterocycles. The fourth-order valence-corrected chi connectivity index (χ4v) is 1.96. The normalized spacial score (nSPS) is 10.8. The molecule has 0 aromatic heterocycles. The zero-order valence-electron chi connectivity index (χ0n) is 13.7. The van der Waals surface area contributed by atoms with Crippen LogP contribution in [-0.4, -0.2) is 23.1 Å². The van der Waals surface area contributed by atoms with Gasteiger partial charge in [0.1, 0.15) is 6.61 Å². The average molecular weight is 307 g/mol. The number of hydrogen-bond acceptors (Lipinski definition) is 4. The molecule has 0 bridgehead atoms. The number of esters is 1. The van der Waals surface area contributed by atoms with E-state index < -0.39 is 5.97 Å². The molecule has 0 aliphatic carbocycles. The summed E-state index contributed by atoms with van der Waals surface area (Å²) in [5.74, 6) is -1.23. The van der Waals surface area contributed by atoms with Crippen LogP contribution < -0.4 is 5.32 Å². The van der Waals surface area contributed by atoms with Crippen molar-refractivity contribution in [3.05, 3.63) is 29.3 Å². The van der Waals surface area contributed by atoms with E-state index in [1.54, 1.807) is 13.8 Å². The molecule has 0 aliphatic heterocycles. The van der Waals surface area contributed by atoms with Crippen molar-refractivity contribution in [2.24, 2.45) is 5.92 Å². The van der Waals surface area contributed by atoms with Crippen LogP contribution in [0, 0.1) is 5.92 Å². The van der Waals surface area contributed by atoms with Gasteiger partial charge in [0.2, 0.25) is 0 Å². The zero-order chi connectivity index (χ0) is 16.7. The number of carbonyl (C=O) groups is 2. The quantitative estimate of drug-likeness (QED) is 0.721. The van der Waals surface area contributed by atoms with Crippen LogP contribution in [0.3, 0.4) is 0 Å². The molecule has 5 heteroatoms. The maximum atomic E-state index is 11.5. The van der Waals surface area contributed by atoms with Crippen LogP contribution in [0.4, 0.5) is 5.69 Å². The molecule has 0 aliphatic rings.